The van der Waals surface area contributed by atoms with Gasteiger partial charge in [0.2, 0.25) is 0 Å². The van der Waals surface area contributed by atoms with Crippen LogP contribution in [-0.2, 0) is 27.4 Å². The maximum atomic E-state index is 12.7. The van der Waals surface area contributed by atoms with Crippen LogP contribution < -0.4 is 0 Å². The molecule has 39 heavy (non-hydrogen) atoms. The van der Waals surface area contributed by atoms with Crippen molar-refractivity contribution in [2.75, 3.05) is 0 Å². The highest BCUT2D eigenvalue weighted by Gasteiger charge is 2.37. The first-order valence-electron chi connectivity index (χ1n) is 12.9. The number of carbonyl (C=O) groups excluding carboxylic acids is 1. The number of thioether (sulfide) groups is 1. The molecule has 1 aliphatic rings. The summed E-state index contributed by atoms with van der Waals surface area (Å²) in [4.78, 5) is 13.8. The second-order valence-corrected chi connectivity index (χ2v) is 10.2. The quantitative estimate of drug-likeness (QED) is 0.146. The van der Waals surface area contributed by atoms with Gasteiger partial charge in [0, 0.05) is 10.5 Å². The van der Waals surface area contributed by atoms with Crippen molar-refractivity contribution in [3.63, 3.8) is 0 Å². The van der Waals surface area contributed by atoms with Crippen LogP contribution in [0.5, 0.6) is 0 Å². The first-order chi connectivity index (χ1) is 19.2. The number of hydrogen-bond donors (Lipinski definition) is 0. The Hall–Kier alpha value is -3.90. The molecule has 1 heterocycles. The van der Waals surface area contributed by atoms with E-state index >= 15 is 0 Å². The molecule has 0 aromatic heterocycles. The topological polar surface area (TPSA) is 44.8 Å². The molecule has 0 radical (unpaired) electrons. The molecule has 0 saturated heterocycles. The third kappa shape index (κ3) is 7.80. The third-order valence-electron chi connectivity index (χ3n) is 6.20. The van der Waals surface area contributed by atoms with Crippen LogP contribution in [0.2, 0.25) is 0 Å². The van der Waals surface area contributed by atoms with Gasteiger partial charge in [-0.3, -0.25) is 4.79 Å². The van der Waals surface area contributed by atoms with Gasteiger partial charge in [-0.25, -0.2) is 0 Å². The number of rotatable bonds is 11. The van der Waals surface area contributed by atoms with Crippen molar-refractivity contribution >= 4 is 17.5 Å². The summed E-state index contributed by atoms with van der Waals surface area (Å²) in [5, 5.41) is 0. The smallest absolute Gasteiger partial charge is 0.185 e. The van der Waals surface area contributed by atoms with E-state index in [-0.39, 0.29) is 11.9 Å². The molecule has 0 spiro atoms. The molecule has 0 bridgehead atoms. The third-order valence-corrected chi connectivity index (χ3v) is 7.34. The number of hydrogen-bond acceptors (Lipinski definition) is 5. The van der Waals surface area contributed by atoms with E-state index in [1.54, 1.807) is 36.0 Å². The summed E-state index contributed by atoms with van der Waals surface area (Å²) in [6.07, 6.45) is 4.40. The Kier molecular flexibility index (Phi) is 9.42. The van der Waals surface area contributed by atoms with Crippen molar-refractivity contribution in [2.24, 2.45) is 0 Å². The number of benzene rings is 4. The highest BCUT2D eigenvalue weighted by molar-refractivity contribution is 7.99. The second-order valence-electron chi connectivity index (χ2n) is 9.07. The fourth-order valence-electron chi connectivity index (χ4n) is 4.18. The molecule has 5 rings (SSSR count). The highest BCUT2D eigenvalue weighted by Crippen LogP contribution is 2.36. The highest BCUT2D eigenvalue weighted by atomic mass is 32.2. The van der Waals surface area contributed by atoms with Crippen LogP contribution in [0.4, 0.5) is 0 Å². The van der Waals surface area contributed by atoms with Crippen molar-refractivity contribution in [2.45, 2.75) is 35.8 Å². The summed E-state index contributed by atoms with van der Waals surface area (Å²) in [6, 6.07) is 39.5. The van der Waals surface area contributed by atoms with Gasteiger partial charge in [0.1, 0.15) is 18.0 Å². The van der Waals surface area contributed by atoms with E-state index in [9.17, 15) is 4.79 Å². The molecule has 5 heteroatoms. The summed E-state index contributed by atoms with van der Waals surface area (Å²) < 4.78 is 19.4. The van der Waals surface area contributed by atoms with E-state index in [0.717, 1.165) is 16.0 Å². The van der Waals surface area contributed by atoms with E-state index in [1.165, 1.54) is 0 Å². The van der Waals surface area contributed by atoms with Gasteiger partial charge in [-0.1, -0.05) is 121 Å². The van der Waals surface area contributed by atoms with Crippen molar-refractivity contribution in [1.29, 1.82) is 0 Å². The van der Waals surface area contributed by atoms with Crippen LogP contribution >= 0.6 is 11.8 Å². The zero-order valence-corrected chi connectivity index (χ0v) is 22.3. The predicted octanol–water partition coefficient (Wildman–Crippen LogP) is 7.63. The average Bonchev–Trinajstić information content (AvgIpc) is 3.00. The van der Waals surface area contributed by atoms with Gasteiger partial charge >= 0.3 is 0 Å². The van der Waals surface area contributed by atoms with Crippen LogP contribution in [0, 0.1) is 0 Å². The molecular formula is C34H30O4S. The molecule has 1 aliphatic heterocycles. The minimum atomic E-state index is -0.395. The van der Waals surface area contributed by atoms with Gasteiger partial charge in [-0.2, -0.15) is 0 Å². The molecule has 4 aromatic rings. The molecule has 196 valence electrons. The molecule has 0 fully saturated rings. The van der Waals surface area contributed by atoms with Crippen LogP contribution in [0.15, 0.2) is 150 Å². The lowest BCUT2D eigenvalue weighted by Crippen LogP contribution is -2.43. The van der Waals surface area contributed by atoms with E-state index in [2.05, 4.69) is 12.1 Å². The Morgan fingerprint density at radius 2 is 1.26 bits per heavy atom. The molecule has 0 amide bonds. The fraction of sp³-hybridized carbons (Fsp3) is 0.147. The SMILES string of the molecule is O=C(/C=C/C1=C[C@H](OCc2ccccc2)[C@H](OCc2ccccc2)[C@@H](Sc2ccccc2)O1)c1ccccc1. The lowest BCUT2D eigenvalue weighted by atomic mass is 10.1. The lowest BCUT2D eigenvalue weighted by molar-refractivity contribution is -0.110. The van der Waals surface area contributed by atoms with Gasteiger partial charge < -0.3 is 14.2 Å². The van der Waals surface area contributed by atoms with Gasteiger partial charge in [-0.05, 0) is 41.5 Å². The summed E-state index contributed by atoms with van der Waals surface area (Å²) >= 11 is 1.58. The van der Waals surface area contributed by atoms with E-state index in [0.29, 0.717) is 24.5 Å². The molecule has 4 nitrogen and oxygen atoms in total. The van der Waals surface area contributed by atoms with Crippen LogP contribution in [0.3, 0.4) is 0 Å². The second kappa shape index (κ2) is 13.8. The minimum Gasteiger partial charge on any atom is -0.477 e. The number of allylic oxidation sites excluding steroid dienone is 2. The van der Waals surface area contributed by atoms with Gasteiger partial charge in [0.15, 0.2) is 11.2 Å². The number of ketones is 1. The molecule has 4 aromatic carbocycles. The maximum Gasteiger partial charge on any atom is 0.185 e. The first-order valence-corrected chi connectivity index (χ1v) is 13.8. The Balaban J connectivity index is 1.42. The Labute approximate surface area is 233 Å². The van der Waals surface area contributed by atoms with E-state index < -0.39 is 11.5 Å². The monoisotopic (exact) mass is 534 g/mol. The molecule has 3 atom stereocenters. The zero-order chi connectivity index (χ0) is 26.7. The van der Waals surface area contributed by atoms with Crippen molar-refractivity contribution < 1.29 is 19.0 Å². The van der Waals surface area contributed by atoms with E-state index in [4.69, 9.17) is 14.2 Å². The summed E-state index contributed by atoms with van der Waals surface area (Å²) in [6.45, 7) is 0.854. The van der Waals surface area contributed by atoms with Crippen LogP contribution in [-0.4, -0.2) is 23.4 Å². The largest absolute Gasteiger partial charge is 0.477 e. The summed E-state index contributed by atoms with van der Waals surface area (Å²) in [5.74, 6) is 0.488. The average molecular weight is 535 g/mol. The van der Waals surface area contributed by atoms with Gasteiger partial charge in [-0.15, -0.1) is 0 Å². The number of ether oxygens (including phenoxy) is 3. The van der Waals surface area contributed by atoms with Crippen molar-refractivity contribution in [3.05, 3.63) is 162 Å². The fourth-order valence-corrected chi connectivity index (χ4v) is 5.29. The Morgan fingerprint density at radius 1 is 0.718 bits per heavy atom. The molecule has 0 aliphatic carbocycles. The Morgan fingerprint density at radius 3 is 1.87 bits per heavy atom. The Bertz CT molecular complexity index is 1370. The van der Waals surface area contributed by atoms with Gasteiger partial charge in [0.25, 0.3) is 0 Å². The normalized spacial score (nSPS) is 18.9. The van der Waals surface area contributed by atoms with Gasteiger partial charge in [0.05, 0.1) is 13.2 Å². The molecule has 0 unspecified atom stereocenters. The van der Waals surface area contributed by atoms with E-state index in [1.807, 2.05) is 103 Å². The zero-order valence-electron chi connectivity index (χ0n) is 21.5. The van der Waals surface area contributed by atoms with Crippen molar-refractivity contribution in [1.82, 2.24) is 0 Å². The number of carbonyl (C=O) groups is 1. The molecule has 0 N–H and O–H groups in total. The minimum absolute atomic E-state index is 0.0865. The predicted molar refractivity (Wildman–Crippen MR) is 155 cm³/mol. The maximum absolute atomic E-state index is 12.7. The summed E-state index contributed by atoms with van der Waals surface area (Å²) in [5.41, 5.74) is 2.38. The van der Waals surface area contributed by atoms with Crippen molar-refractivity contribution in [3.8, 4) is 0 Å². The van der Waals surface area contributed by atoms with Crippen LogP contribution in [0.25, 0.3) is 0 Å². The first kappa shape index (κ1) is 26.7. The lowest BCUT2D eigenvalue weighted by Gasteiger charge is -2.36. The summed E-state index contributed by atoms with van der Waals surface area (Å²) in [7, 11) is 0. The standard InChI is InChI=1S/C34H30O4S/c35-31(28-17-9-3-10-18-28)22-21-29-23-32(36-24-26-13-5-1-6-14-26)33(37-25-27-15-7-2-8-16-27)34(38-29)39-30-19-11-4-12-20-30/h1-23,32-34H,24-25H2/b22-21+/t32-,33-,34+/m0/s1. The van der Waals surface area contributed by atoms with Crippen LogP contribution in [0.1, 0.15) is 21.5 Å². The molecular weight excluding hydrogens is 504 g/mol. The molecule has 0 saturated carbocycles.